The molecular formula is C7H14FNO2. The molecule has 0 aliphatic heterocycles. The Bertz CT molecular complexity index is 119. The molecule has 3 nitrogen and oxygen atoms in total. The van der Waals surface area contributed by atoms with E-state index in [0.717, 1.165) is 0 Å². The maximum atomic E-state index is 11.6. The van der Waals surface area contributed by atoms with E-state index in [0.29, 0.717) is 13.0 Å². The molecule has 0 saturated carbocycles. The average Bonchev–Trinajstić information content (AvgIpc) is 2.03. The second kappa shape index (κ2) is 6.09. The fourth-order valence-electron chi connectivity index (χ4n) is 0.645. The molecule has 11 heavy (non-hydrogen) atoms. The zero-order valence-corrected chi connectivity index (χ0v) is 6.89. The van der Waals surface area contributed by atoms with Crippen LogP contribution in [0.3, 0.4) is 0 Å². The molecule has 0 aliphatic rings. The zero-order valence-electron chi connectivity index (χ0n) is 6.89. The molecule has 0 heterocycles. The summed E-state index contributed by atoms with van der Waals surface area (Å²) in [5.41, 5.74) is 0. The van der Waals surface area contributed by atoms with Crippen molar-refractivity contribution in [2.45, 2.75) is 19.4 Å². The Morgan fingerprint density at radius 3 is 2.82 bits per heavy atom. The maximum absolute atomic E-state index is 11.6. The van der Waals surface area contributed by atoms with Crippen LogP contribution in [-0.4, -0.2) is 32.3 Å². The van der Waals surface area contributed by atoms with Crippen LogP contribution in [0.1, 0.15) is 13.3 Å². The first-order valence-corrected chi connectivity index (χ1v) is 3.59. The highest BCUT2D eigenvalue weighted by Gasteiger charge is 2.10. The summed E-state index contributed by atoms with van der Waals surface area (Å²) in [6.45, 7) is 1.83. The van der Waals surface area contributed by atoms with Crippen molar-refractivity contribution < 1.29 is 13.9 Å². The van der Waals surface area contributed by atoms with Gasteiger partial charge in [0.2, 0.25) is 0 Å². The van der Waals surface area contributed by atoms with Crippen LogP contribution < -0.4 is 5.32 Å². The zero-order chi connectivity index (χ0) is 8.69. The van der Waals surface area contributed by atoms with E-state index >= 15 is 0 Å². The smallest absolute Gasteiger partial charge is 0.322 e. The third-order valence-electron chi connectivity index (χ3n) is 1.32. The van der Waals surface area contributed by atoms with Crippen LogP contribution in [0.5, 0.6) is 0 Å². The van der Waals surface area contributed by atoms with E-state index < -0.39 is 0 Å². The van der Waals surface area contributed by atoms with Crippen LogP contribution in [0.25, 0.3) is 0 Å². The number of methoxy groups -OCH3 is 1. The lowest BCUT2D eigenvalue weighted by Crippen LogP contribution is -2.35. The summed E-state index contributed by atoms with van der Waals surface area (Å²) in [4.78, 5) is 10.7. The number of alkyl halides is 1. The van der Waals surface area contributed by atoms with Crippen molar-refractivity contribution in [3.8, 4) is 0 Å². The number of carbonyl (C=O) groups is 1. The molecule has 0 amide bonds. The SMILES string of the molecule is COC(=O)C(C)NCCCF. The molecule has 1 N–H and O–H groups in total. The normalized spacial score (nSPS) is 12.6. The standard InChI is InChI=1S/C7H14FNO2/c1-6(7(10)11-2)9-5-3-4-8/h6,9H,3-5H2,1-2H3. The van der Waals surface area contributed by atoms with E-state index in [9.17, 15) is 9.18 Å². The molecule has 0 fully saturated rings. The molecule has 0 aliphatic carbocycles. The molecule has 4 heteroatoms. The van der Waals surface area contributed by atoms with Crippen LogP contribution in [0.4, 0.5) is 4.39 Å². The number of esters is 1. The number of carbonyl (C=O) groups excluding carboxylic acids is 1. The largest absolute Gasteiger partial charge is 0.468 e. The van der Waals surface area contributed by atoms with Crippen molar-refractivity contribution in [3.63, 3.8) is 0 Å². The van der Waals surface area contributed by atoms with Gasteiger partial charge >= 0.3 is 5.97 Å². The quantitative estimate of drug-likeness (QED) is 0.473. The fraction of sp³-hybridized carbons (Fsp3) is 0.857. The summed E-state index contributed by atoms with van der Waals surface area (Å²) in [5, 5.41) is 2.82. The van der Waals surface area contributed by atoms with Crippen LogP contribution in [0, 0.1) is 0 Å². The number of hydrogen-bond donors (Lipinski definition) is 1. The Labute approximate surface area is 65.9 Å². The highest BCUT2D eigenvalue weighted by molar-refractivity contribution is 5.74. The monoisotopic (exact) mass is 163 g/mol. The highest BCUT2D eigenvalue weighted by atomic mass is 19.1. The van der Waals surface area contributed by atoms with E-state index in [-0.39, 0.29) is 18.7 Å². The van der Waals surface area contributed by atoms with Gasteiger partial charge in [0, 0.05) is 0 Å². The summed E-state index contributed by atoms with van der Waals surface area (Å²) >= 11 is 0. The Morgan fingerprint density at radius 2 is 2.36 bits per heavy atom. The molecule has 1 unspecified atom stereocenters. The number of halogens is 1. The van der Waals surface area contributed by atoms with Crippen LogP contribution >= 0.6 is 0 Å². The molecule has 0 rings (SSSR count). The molecule has 0 radical (unpaired) electrons. The van der Waals surface area contributed by atoms with Crippen molar-refractivity contribution >= 4 is 5.97 Å². The summed E-state index contributed by atoms with van der Waals surface area (Å²) in [6, 6.07) is -0.341. The number of ether oxygens (including phenoxy) is 1. The molecule has 0 spiro atoms. The van der Waals surface area contributed by atoms with Gasteiger partial charge in [0.05, 0.1) is 13.8 Å². The fourth-order valence-corrected chi connectivity index (χ4v) is 0.645. The number of rotatable bonds is 5. The lowest BCUT2D eigenvalue weighted by molar-refractivity contribution is -0.142. The van der Waals surface area contributed by atoms with Crippen molar-refractivity contribution in [1.82, 2.24) is 5.32 Å². The molecule has 0 aromatic rings. The Morgan fingerprint density at radius 1 is 1.73 bits per heavy atom. The molecule has 1 atom stereocenters. The second-order valence-electron chi connectivity index (χ2n) is 2.24. The summed E-state index contributed by atoms with van der Waals surface area (Å²) < 4.78 is 16.0. The van der Waals surface area contributed by atoms with E-state index in [1.165, 1.54) is 7.11 Å². The van der Waals surface area contributed by atoms with Crippen molar-refractivity contribution in [2.75, 3.05) is 20.3 Å². The van der Waals surface area contributed by atoms with Gasteiger partial charge in [-0.15, -0.1) is 0 Å². The van der Waals surface area contributed by atoms with Crippen molar-refractivity contribution in [3.05, 3.63) is 0 Å². The summed E-state index contributed by atoms with van der Waals surface area (Å²) in [6.07, 6.45) is 0.432. The van der Waals surface area contributed by atoms with Gasteiger partial charge in [0.25, 0.3) is 0 Å². The van der Waals surface area contributed by atoms with Gasteiger partial charge in [-0.1, -0.05) is 0 Å². The molecule has 0 aromatic carbocycles. The van der Waals surface area contributed by atoms with Crippen LogP contribution in [0.15, 0.2) is 0 Å². The minimum absolute atomic E-state index is 0.316. The first-order chi connectivity index (χ1) is 5.22. The van der Waals surface area contributed by atoms with Crippen molar-refractivity contribution in [2.24, 2.45) is 0 Å². The second-order valence-corrected chi connectivity index (χ2v) is 2.24. The molecule has 0 bridgehead atoms. The maximum Gasteiger partial charge on any atom is 0.322 e. The third-order valence-corrected chi connectivity index (χ3v) is 1.32. The minimum atomic E-state index is -0.360. The lowest BCUT2D eigenvalue weighted by atomic mass is 10.3. The van der Waals surface area contributed by atoms with Gasteiger partial charge in [-0.25, -0.2) is 0 Å². The first-order valence-electron chi connectivity index (χ1n) is 3.59. The Kier molecular flexibility index (Phi) is 5.74. The van der Waals surface area contributed by atoms with E-state index in [1.807, 2.05) is 0 Å². The molecule has 0 aromatic heterocycles. The highest BCUT2D eigenvalue weighted by Crippen LogP contribution is 1.86. The van der Waals surface area contributed by atoms with Crippen LogP contribution in [-0.2, 0) is 9.53 Å². The third kappa shape index (κ3) is 4.72. The lowest BCUT2D eigenvalue weighted by Gasteiger charge is -2.09. The first kappa shape index (κ1) is 10.4. The molecular weight excluding hydrogens is 149 g/mol. The van der Waals surface area contributed by atoms with E-state index in [4.69, 9.17) is 0 Å². The van der Waals surface area contributed by atoms with Gasteiger partial charge in [-0.3, -0.25) is 9.18 Å². The summed E-state index contributed by atoms with van der Waals surface area (Å²) in [7, 11) is 1.33. The predicted molar refractivity (Wildman–Crippen MR) is 40.1 cm³/mol. The van der Waals surface area contributed by atoms with Crippen LogP contribution in [0.2, 0.25) is 0 Å². The number of hydrogen-bond acceptors (Lipinski definition) is 3. The van der Waals surface area contributed by atoms with E-state index in [2.05, 4.69) is 10.1 Å². The van der Waals surface area contributed by atoms with Gasteiger partial charge in [-0.05, 0) is 19.9 Å². The van der Waals surface area contributed by atoms with Gasteiger partial charge in [0.15, 0.2) is 0 Å². The van der Waals surface area contributed by atoms with E-state index in [1.54, 1.807) is 6.92 Å². The summed E-state index contributed by atoms with van der Waals surface area (Å²) in [5.74, 6) is -0.316. The topological polar surface area (TPSA) is 38.3 Å². The molecule has 66 valence electrons. The number of nitrogens with one attached hydrogen (secondary N) is 1. The average molecular weight is 163 g/mol. The van der Waals surface area contributed by atoms with Gasteiger partial charge in [-0.2, -0.15) is 0 Å². The van der Waals surface area contributed by atoms with Gasteiger partial charge in [0.1, 0.15) is 6.04 Å². The predicted octanol–water partition coefficient (Wildman–Crippen LogP) is 0.497. The van der Waals surface area contributed by atoms with Gasteiger partial charge < -0.3 is 10.1 Å². The Hall–Kier alpha value is -0.640. The van der Waals surface area contributed by atoms with Crippen molar-refractivity contribution in [1.29, 1.82) is 0 Å². The molecule has 0 saturated heterocycles. The minimum Gasteiger partial charge on any atom is -0.468 e. The Balaban J connectivity index is 3.36.